The van der Waals surface area contributed by atoms with Gasteiger partial charge in [0.15, 0.2) is 0 Å². The van der Waals surface area contributed by atoms with Gasteiger partial charge in [-0.2, -0.15) is 0 Å². The van der Waals surface area contributed by atoms with Crippen molar-refractivity contribution in [2.45, 2.75) is 32.2 Å². The number of aliphatic hydroxyl groups is 1. The van der Waals surface area contributed by atoms with Crippen molar-refractivity contribution in [2.24, 2.45) is 5.92 Å². The molecule has 1 aliphatic carbocycles. The number of halogens is 1. The highest BCUT2D eigenvalue weighted by molar-refractivity contribution is 6.31. The number of rotatable bonds is 7. The van der Waals surface area contributed by atoms with Crippen LogP contribution in [0.15, 0.2) is 18.2 Å². The molecule has 25 heavy (non-hydrogen) atoms. The van der Waals surface area contributed by atoms with E-state index in [1.54, 1.807) is 6.07 Å². The minimum absolute atomic E-state index is 0.000105. The third-order valence-electron chi connectivity index (χ3n) is 5.15. The topological polar surface area (TPSA) is 55.8 Å². The van der Waals surface area contributed by atoms with Gasteiger partial charge >= 0.3 is 0 Å². The zero-order valence-electron chi connectivity index (χ0n) is 14.9. The molecule has 1 amide bonds. The monoisotopic (exact) mass is 365 g/mol. The Morgan fingerprint density at radius 1 is 1.36 bits per heavy atom. The van der Waals surface area contributed by atoms with E-state index in [-0.39, 0.29) is 12.5 Å². The molecular weight excluding hydrogens is 338 g/mol. The van der Waals surface area contributed by atoms with Crippen LogP contribution in [0.1, 0.15) is 24.8 Å². The second-order valence-electron chi connectivity index (χ2n) is 7.35. The van der Waals surface area contributed by atoms with Crippen LogP contribution in [0.5, 0.6) is 0 Å². The zero-order chi connectivity index (χ0) is 17.8. The summed E-state index contributed by atoms with van der Waals surface area (Å²) in [7, 11) is 0. The average Bonchev–Trinajstić information content (AvgIpc) is 3.38. The lowest BCUT2D eigenvalue weighted by Gasteiger charge is -2.41. The molecule has 5 nitrogen and oxygen atoms in total. The van der Waals surface area contributed by atoms with Crippen LogP contribution in [-0.4, -0.2) is 66.2 Å². The Labute approximate surface area is 154 Å². The van der Waals surface area contributed by atoms with Crippen LogP contribution < -0.4 is 5.32 Å². The predicted octanol–water partition coefficient (Wildman–Crippen LogP) is 2.37. The number of amides is 1. The highest BCUT2D eigenvalue weighted by Crippen LogP contribution is 2.31. The maximum absolute atomic E-state index is 12.4. The number of piperazine rings is 1. The Morgan fingerprint density at radius 2 is 2.16 bits per heavy atom. The van der Waals surface area contributed by atoms with Gasteiger partial charge < -0.3 is 10.4 Å². The Morgan fingerprint density at radius 3 is 2.84 bits per heavy atom. The number of carbonyl (C=O) groups excluding carboxylic acids is 1. The number of nitrogens with zero attached hydrogens (tertiary/aromatic N) is 2. The summed E-state index contributed by atoms with van der Waals surface area (Å²) >= 11 is 6.03. The largest absolute Gasteiger partial charge is 0.396 e. The summed E-state index contributed by atoms with van der Waals surface area (Å²) in [5.41, 5.74) is 1.74. The molecule has 1 aliphatic heterocycles. The fourth-order valence-corrected chi connectivity index (χ4v) is 3.64. The van der Waals surface area contributed by atoms with Gasteiger partial charge in [-0.25, -0.2) is 0 Å². The maximum Gasteiger partial charge on any atom is 0.238 e. The van der Waals surface area contributed by atoms with Crippen LogP contribution in [0.25, 0.3) is 0 Å². The molecule has 0 radical (unpaired) electrons. The molecular formula is C19H28ClN3O2. The molecule has 2 N–H and O–H groups in total. The SMILES string of the molecule is Cc1cc(NC(=O)CN2CCN(CC3CC3)[C@@H](CCO)C2)ccc1Cl. The molecule has 1 heterocycles. The molecule has 1 atom stereocenters. The molecule has 0 unspecified atom stereocenters. The number of aliphatic hydroxyl groups excluding tert-OH is 1. The Kier molecular flexibility index (Phi) is 6.34. The van der Waals surface area contributed by atoms with Gasteiger partial charge in [0, 0.05) is 49.5 Å². The first kappa shape index (κ1) is 18.6. The second-order valence-corrected chi connectivity index (χ2v) is 7.76. The fourth-order valence-electron chi connectivity index (χ4n) is 3.52. The number of aryl methyl sites for hydroxylation is 1. The highest BCUT2D eigenvalue weighted by atomic mass is 35.5. The van der Waals surface area contributed by atoms with Crippen molar-refractivity contribution in [2.75, 3.05) is 44.6 Å². The van der Waals surface area contributed by atoms with Crippen molar-refractivity contribution in [1.82, 2.24) is 9.80 Å². The van der Waals surface area contributed by atoms with Crippen molar-refractivity contribution >= 4 is 23.2 Å². The zero-order valence-corrected chi connectivity index (χ0v) is 15.6. The summed E-state index contributed by atoms with van der Waals surface area (Å²) in [6.07, 6.45) is 3.46. The molecule has 0 spiro atoms. The summed E-state index contributed by atoms with van der Waals surface area (Å²) in [4.78, 5) is 17.1. The molecule has 138 valence electrons. The average molecular weight is 366 g/mol. The van der Waals surface area contributed by atoms with Crippen LogP contribution in [0, 0.1) is 12.8 Å². The summed E-state index contributed by atoms with van der Waals surface area (Å²) in [6, 6.07) is 5.88. The molecule has 2 fully saturated rings. The van der Waals surface area contributed by atoms with Crippen molar-refractivity contribution in [3.05, 3.63) is 28.8 Å². The third-order valence-corrected chi connectivity index (χ3v) is 5.57. The first-order chi connectivity index (χ1) is 12.0. The summed E-state index contributed by atoms with van der Waals surface area (Å²) < 4.78 is 0. The third kappa shape index (κ3) is 5.42. The molecule has 1 saturated heterocycles. The van der Waals surface area contributed by atoms with Crippen LogP contribution >= 0.6 is 11.6 Å². The fraction of sp³-hybridized carbons (Fsp3) is 0.632. The summed E-state index contributed by atoms with van der Waals surface area (Å²) in [6.45, 7) is 6.40. The lowest BCUT2D eigenvalue weighted by molar-refractivity contribution is -0.118. The predicted molar refractivity (Wildman–Crippen MR) is 101 cm³/mol. The molecule has 1 aromatic rings. The summed E-state index contributed by atoms with van der Waals surface area (Å²) in [5, 5.41) is 13.0. The molecule has 0 aromatic heterocycles. The molecule has 0 bridgehead atoms. The number of benzene rings is 1. The van der Waals surface area contributed by atoms with E-state index in [9.17, 15) is 9.90 Å². The van der Waals surface area contributed by atoms with Crippen LogP contribution in [-0.2, 0) is 4.79 Å². The van der Waals surface area contributed by atoms with Gasteiger partial charge in [-0.3, -0.25) is 14.6 Å². The van der Waals surface area contributed by atoms with Crippen molar-refractivity contribution in [3.8, 4) is 0 Å². The minimum Gasteiger partial charge on any atom is -0.396 e. The smallest absolute Gasteiger partial charge is 0.238 e. The van der Waals surface area contributed by atoms with Crippen LogP contribution in [0.2, 0.25) is 5.02 Å². The van der Waals surface area contributed by atoms with Gasteiger partial charge in [-0.15, -0.1) is 0 Å². The molecule has 3 rings (SSSR count). The van der Waals surface area contributed by atoms with E-state index in [0.717, 1.165) is 49.8 Å². The van der Waals surface area contributed by atoms with Gasteiger partial charge in [0.25, 0.3) is 0 Å². The van der Waals surface area contributed by atoms with E-state index >= 15 is 0 Å². The quantitative estimate of drug-likeness (QED) is 0.779. The number of hydrogen-bond acceptors (Lipinski definition) is 4. The maximum atomic E-state index is 12.4. The van der Waals surface area contributed by atoms with E-state index in [1.807, 2.05) is 19.1 Å². The minimum atomic E-state index is 0.000105. The molecule has 2 aliphatic rings. The van der Waals surface area contributed by atoms with E-state index in [4.69, 9.17) is 11.6 Å². The first-order valence-corrected chi connectivity index (χ1v) is 9.56. The molecule has 1 aromatic carbocycles. The van der Waals surface area contributed by atoms with Crippen LogP contribution in [0.4, 0.5) is 5.69 Å². The number of anilines is 1. The van der Waals surface area contributed by atoms with E-state index < -0.39 is 0 Å². The highest BCUT2D eigenvalue weighted by Gasteiger charge is 2.32. The normalized spacial score (nSPS) is 22.1. The van der Waals surface area contributed by atoms with Crippen molar-refractivity contribution < 1.29 is 9.90 Å². The van der Waals surface area contributed by atoms with Crippen molar-refractivity contribution in [3.63, 3.8) is 0 Å². The molecule has 6 heteroatoms. The standard InChI is InChI=1S/C19H28ClN3O2/c1-14-10-16(4-5-18(14)20)21-19(25)13-22-7-8-23(11-15-2-3-15)17(12-22)6-9-24/h4-5,10,15,17,24H,2-3,6-9,11-13H2,1H3,(H,21,25)/t17-/m0/s1. The number of hydrogen-bond donors (Lipinski definition) is 2. The second kappa shape index (κ2) is 8.49. The van der Waals surface area contributed by atoms with Gasteiger partial charge in [0.05, 0.1) is 6.54 Å². The van der Waals surface area contributed by atoms with Crippen molar-refractivity contribution in [1.29, 1.82) is 0 Å². The van der Waals surface area contributed by atoms with E-state index in [1.165, 1.54) is 12.8 Å². The number of carbonyl (C=O) groups is 1. The summed E-state index contributed by atoms with van der Waals surface area (Å²) in [5.74, 6) is 0.851. The molecule has 1 saturated carbocycles. The number of nitrogens with one attached hydrogen (secondary N) is 1. The van der Waals surface area contributed by atoms with Gasteiger partial charge in [0.2, 0.25) is 5.91 Å². The lowest BCUT2D eigenvalue weighted by atomic mass is 10.1. The van der Waals surface area contributed by atoms with Gasteiger partial charge in [-0.1, -0.05) is 11.6 Å². The van der Waals surface area contributed by atoms with E-state index in [0.29, 0.717) is 17.6 Å². The first-order valence-electron chi connectivity index (χ1n) is 9.18. The van der Waals surface area contributed by atoms with Crippen LogP contribution in [0.3, 0.4) is 0 Å². The Bertz CT molecular complexity index is 606. The Hall–Kier alpha value is -1.14. The lowest BCUT2D eigenvalue weighted by Crippen LogP contribution is -2.55. The van der Waals surface area contributed by atoms with E-state index in [2.05, 4.69) is 15.1 Å². The Balaban J connectivity index is 1.51. The van der Waals surface area contributed by atoms with Gasteiger partial charge in [-0.05, 0) is 55.9 Å². The van der Waals surface area contributed by atoms with Gasteiger partial charge in [0.1, 0.15) is 0 Å².